The van der Waals surface area contributed by atoms with Crippen molar-refractivity contribution >= 4 is 5.97 Å². The maximum Gasteiger partial charge on any atom is 0.371 e. The van der Waals surface area contributed by atoms with Crippen molar-refractivity contribution in [2.75, 3.05) is 13.7 Å². The molecule has 0 aliphatic carbocycles. The summed E-state index contributed by atoms with van der Waals surface area (Å²) in [5.41, 5.74) is 0. The number of ether oxygens (including phenoxy) is 1. The topological polar surface area (TPSA) is 62.9 Å². The molecule has 1 aliphatic rings. The fraction of sp³-hybridized carbons (Fsp3) is 0.615. The minimum absolute atomic E-state index is 0.0130. The van der Waals surface area contributed by atoms with Crippen LogP contribution in [0.25, 0.3) is 0 Å². The zero-order chi connectivity index (χ0) is 13.3. The van der Waals surface area contributed by atoms with Gasteiger partial charge in [-0.15, -0.1) is 0 Å². The van der Waals surface area contributed by atoms with E-state index in [4.69, 9.17) is 14.3 Å². The Hall–Kier alpha value is -1.33. The first-order chi connectivity index (χ1) is 8.50. The molecular formula is C13H19NO4. The molecule has 2 heterocycles. The summed E-state index contributed by atoms with van der Waals surface area (Å²) in [5, 5.41) is 8.84. The summed E-state index contributed by atoms with van der Waals surface area (Å²) in [5.74, 6) is -0.372. The molecule has 1 aromatic rings. The number of furan rings is 1. The standard InChI is InChI=1S/C13H19NO4/c1-8(11-4-5-12(18-11)13(15)16)14(3)10-6-7-17-9(10)2/h4-5,8-10H,6-7H2,1-3H3,(H,15,16). The third-order valence-corrected chi connectivity index (χ3v) is 3.72. The Kier molecular flexibility index (Phi) is 3.73. The van der Waals surface area contributed by atoms with Crippen LogP contribution in [0.3, 0.4) is 0 Å². The molecule has 1 aromatic heterocycles. The molecule has 1 fully saturated rings. The average Bonchev–Trinajstić information content (AvgIpc) is 2.95. The second kappa shape index (κ2) is 5.12. The van der Waals surface area contributed by atoms with Crippen LogP contribution in [0.1, 0.15) is 42.6 Å². The molecular weight excluding hydrogens is 234 g/mol. The molecule has 18 heavy (non-hydrogen) atoms. The third kappa shape index (κ3) is 2.42. The number of aromatic carboxylic acids is 1. The van der Waals surface area contributed by atoms with Gasteiger partial charge in [0, 0.05) is 12.6 Å². The molecule has 0 amide bonds. The van der Waals surface area contributed by atoms with E-state index in [9.17, 15) is 4.79 Å². The third-order valence-electron chi connectivity index (χ3n) is 3.72. The second-order valence-corrected chi connectivity index (χ2v) is 4.78. The van der Waals surface area contributed by atoms with Crippen LogP contribution < -0.4 is 0 Å². The summed E-state index contributed by atoms with van der Waals surface area (Å²) in [4.78, 5) is 13.0. The van der Waals surface area contributed by atoms with Gasteiger partial charge in [-0.05, 0) is 39.4 Å². The van der Waals surface area contributed by atoms with E-state index in [2.05, 4.69) is 11.8 Å². The fourth-order valence-electron chi connectivity index (χ4n) is 2.44. The lowest BCUT2D eigenvalue weighted by Crippen LogP contribution is -2.38. The Morgan fingerprint density at radius 3 is 2.78 bits per heavy atom. The van der Waals surface area contributed by atoms with Gasteiger partial charge in [-0.2, -0.15) is 0 Å². The molecule has 3 unspecified atom stereocenters. The van der Waals surface area contributed by atoms with E-state index in [1.807, 2.05) is 14.0 Å². The van der Waals surface area contributed by atoms with E-state index in [-0.39, 0.29) is 17.9 Å². The second-order valence-electron chi connectivity index (χ2n) is 4.78. The zero-order valence-electron chi connectivity index (χ0n) is 10.9. The highest BCUT2D eigenvalue weighted by atomic mass is 16.5. The molecule has 5 nitrogen and oxygen atoms in total. The number of likely N-dealkylation sites (N-methyl/N-ethyl adjacent to an activating group) is 1. The molecule has 0 spiro atoms. The molecule has 3 atom stereocenters. The van der Waals surface area contributed by atoms with Crippen molar-refractivity contribution in [3.8, 4) is 0 Å². The van der Waals surface area contributed by atoms with E-state index >= 15 is 0 Å². The minimum atomic E-state index is -1.03. The molecule has 1 N–H and O–H groups in total. The number of rotatable bonds is 4. The lowest BCUT2D eigenvalue weighted by atomic mass is 10.1. The van der Waals surface area contributed by atoms with Crippen molar-refractivity contribution in [3.63, 3.8) is 0 Å². The highest BCUT2D eigenvalue weighted by molar-refractivity contribution is 5.84. The molecule has 0 radical (unpaired) electrons. The Morgan fingerprint density at radius 2 is 2.28 bits per heavy atom. The minimum Gasteiger partial charge on any atom is -0.475 e. The summed E-state index contributed by atoms with van der Waals surface area (Å²) < 4.78 is 10.9. The number of carboxylic acid groups (broad SMARTS) is 1. The van der Waals surface area contributed by atoms with E-state index < -0.39 is 5.97 Å². The molecule has 5 heteroatoms. The Morgan fingerprint density at radius 1 is 1.56 bits per heavy atom. The number of carbonyl (C=O) groups is 1. The lowest BCUT2D eigenvalue weighted by Gasteiger charge is -2.31. The maximum atomic E-state index is 10.8. The average molecular weight is 253 g/mol. The fourth-order valence-corrected chi connectivity index (χ4v) is 2.44. The van der Waals surface area contributed by atoms with Gasteiger partial charge in [-0.3, -0.25) is 4.90 Å². The smallest absolute Gasteiger partial charge is 0.371 e. The maximum absolute atomic E-state index is 10.8. The van der Waals surface area contributed by atoms with E-state index in [0.717, 1.165) is 13.0 Å². The quantitative estimate of drug-likeness (QED) is 0.890. The van der Waals surface area contributed by atoms with Crippen molar-refractivity contribution in [2.45, 2.75) is 38.5 Å². The van der Waals surface area contributed by atoms with Crippen LogP contribution in [0, 0.1) is 0 Å². The molecule has 1 aliphatic heterocycles. The molecule has 0 aromatic carbocycles. The van der Waals surface area contributed by atoms with E-state index in [1.54, 1.807) is 6.07 Å². The molecule has 0 saturated carbocycles. The Balaban J connectivity index is 2.09. The Bertz CT molecular complexity index is 428. The number of hydrogen-bond donors (Lipinski definition) is 1. The number of hydrogen-bond acceptors (Lipinski definition) is 4. The number of nitrogens with zero attached hydrogens (tertiary/aromatic N) is 1. The van der Waals surface area contributed by atoms with Gasteiger partial charge in [0.2, 0.25) is 5.76 Å². The first-order valence-electron chi connectivity index (χ1n) is 6.17. The van der Waals surface area contributed by atoms with Crippen molar-refractivity contribution in [1.29, 1.82) is 0 Å². The van der Waals surface area contributed by atoms with Gasteiger partial charge in [0.05, 0.1) is 12.1 Å². The van der Waals surface area contributed by atoms with E-state index in [0.29, 0.717) is 11.8 Å². The zero-order valence-corrected chi connectivity index (χ0v) is 10.9. The molecule has 1 saturated heterocycles. The van der Waals surface area contributed by atoms with Crippen molar-refractivity contribution in [2.24, 2.45) is 0 Å². The predicted octanol–water partition coefficient (Wildman–Crippen LogP) is 2.15. The summed E-state index contributed by atoms with van der Waals surface area (Å²) in [6, 6.07) is 3.60. The van der Waals surface area contributed by atoms with E-state index in [1.165, 1.54) is 6.07 Å². The molecule has 0 bridgehead atoms. The van der Waals surface area contributed by atoms with Crippen molar-refractivity contribution in [3.05, 3.63) is 23.7 Å². The van der Waals surface area contributed by atoms with Crippen LogP contribution in [0.15, 0.2) is 16.5 Å². The van der Waals surface area contributed by atoms with Crippen molar-refractivity contribution in [1.82, 2.24) is 4.90 Å². The van der Waals surface area contributed by atoms with Gasteiger partial charge in [0.15, 0.2) is 0 Å². The first-order valence-corrected chi connectivity index (χ1v) is 6.17. The van der Waals surface area contributed by atoms with Crippen LogP contribution in [0.5, 0.6) is 0 Å². The SMILES string of the molecule is CC1OCCC1N(C)C(C)c1ccc(C(=O)O)o1. The summed E-state index contributed by atoms with van der Waals surface area (Å²) in [6.45, 7) is 4.85. The monoisotopic (exact) mass is 253 g/mol. The summed E-state index contributed by atoms with van der Waals surface area (Å²) in [6.07, 6.45) is 1.19. The van der Waals surface area contributed by atoms with Gasteiger partial charge in [0.25, 0.3) is 0 Å². The highest BCUT2D eigenvalue weighted by Gasteiger charge is 2.31. The van der Waals surface area contributed by atoms with Crippen LogP contribution in [-0.2, 0) is 4.74 Å². The summed E-state index contributed by atoms with van der Waals surface area (Å²) >= 11 is 0. The molecule has 2 rings (SSSR count). The largest absolute Gasteiger partial charge is 0.475 e. The normalized spacial score (nSPS) is 25.6. The predicted molar refractivity (Wildman–Crippen MR) is 65.7 cm³/mol. The first kappa shape index (κ1) is 13.1. The van der Waals surface area contributed by atoms with Gasteiger partial charge in [-0.25, -0.2) is 4.79 Å². The number of carboxylic acids is 1. The van der Waals surface area contributed by atoms with Gasteiger partial charge >= 0.3 is 5.97 Å². The highest BCUT2D eigenvalue weighted by Crippen LogP contribution is 2.28. The van der Waals surface area contributed by atoms with Gasteiger partial charge in [0.1, 0.15) is 5.76 Å². The van der Waals surface area contributed by atoms with Crippen molar-refractivity contribution < 1.29 is 19.1 Å². The van der Waals surface area contributed by atoms with Crippen LogP contribution in [0.4, 0.5) is 0 Å². The van der Waals surface area contributed by atoms with Crippen LogP contribution >= 0.6 is 0 Å². The molecule has 100 valence electrons. The Labute approximate surface area is 106 Å². The van der Waals surface area contributed by atoms with Gasteiger partial charge in [-0.1, -0.05) is 0 Å². The van der Waals surface area contributed by atoms with Gasteiger partial charge < -0.3 is 14.3 Å². The van der Waals surface area contributed by atoms with Crippen LogP contribution in [0.2, 0.25) is 0 Å². The lowest BCUT2D eigenvalue weighted by molar-refractivity contribution is 0.0612. The van der Waals surface area contributed by atoms with Crippen LogP contribution in [-0.4, -0.2) is 41.8 Å². The summed E-state index contributed by atoms with van der Waals surface area (Å²) in [7, 11) is 2.02.